The average molecular weight is 273 g/mol. The monoisotopic (exact) mass is 273 g/mol. The van der Waals surface area contributed by atoms with Crippen LogP contribution in [0.5, 0.6) is 5.75 Å². The number of phenolic OH excluding ortho intramolecular Hbond substituents is 1. The van der Waals surface area contributed by atoms with E-state index in [-0.39, 0.29) is 5.75 Å². The van der Waals surface area contributed by atoms with Crippen LogP contribution in [0.4, 0.5) is 0 Å². The van der Waals surface area contributed by atoms with E-state index in [1.807, 2.05) is 13.0 Å². The molecule has 2 rings (SSSR count). The van der Waals surface area contributed by atoms with Crippen LogP contribution in [-0.2, 0) is 7.05 Å². The molecule has 0 saturated carbocycles. The molecule has 104 valence electrons. The molecule has 6 heteroatoms. The highest BCUT2D eigenvalue weighted by atomic mass is 16.3. The van der Waals surface area contributed by atoms with E-state index >= 15 is 0 Å². The van der Waals surface area contributed by atoms with Crippen molar-refractivity contribution in [2.75, 3.05) is 0 Å². The Morgan fingerprint density at radius 3 is 2.15 bits per heavy atom. The standard InChI is InChI=1S/C14H15N3O3/c1-9-3-8-12(17(9)2)14(20)16-15-13(19)10-4-6-11(18)7-5-10/h3-8,18H,1-2H3,(H,15,19)(H,16,20). The number of carbonyl (C=O) groups excluding carboxylic acids is 2. The van der Waals surface area contributed by atoms with E-state index in [9.17, 15) is 9.59 Å². The zero-order valence-electron chi connectivity index (χ0n) is 11.2. The van der Waals surface area contributed by atoms with E-state index in [1.165, 1.54) is 24.3 Å². The number of nitrogens with one attached hydrogen (secondary N) is 2. The van der Waals surface area contributed by atoms with E-state index in [2.05, 4.69) is 10.9 Å². The fraction of sp³-hybridized carbons (Fsp3) is 0.143. The van der Waals surface area contributed by atoms with E-state index in [1.54, 1.807) is 17.7 Å². The molecule has 0 aliphatic carbocycles. The van der Waals surface area contributed by atoms with Crippen LogP contribution in [0.3, 0.4) is 0 Å². The highest BCUT2D eigenvalue weighted by molar-refractivity contribution is 5.98. The maximum atomic E-state index is 11.9. The number of benzene rings is 1. The lowest BCUT2D eigenvalue weighted by atomic mass is 10.2. The third kappa shape index (κ3) is 2.80. The van der Waals surface area contributed by atoms with Gasteiger partial charge in [-0.25, -0.2) is 0 Å². The van der Waals surface area contributed by atoms with Gasteiger partial charge in [0.15, 0.2) is 0 Å². The summed E-state index contributed by atoms with van der Waals surface area (Å²) in [6.07, 6.45) is 0. The van der Waals surface area contributed by atoms with Gasteiger partial charge in [-0.2, -0.15) is 0 Å². The number of hydrazine groups is 1. The summed E-state index contributed by atoms with van der Waals surface area (Å²) in [7, 11) is 1.77. The van der Waals surface area contributed by atoms with Crippen molar-refractivity contribution in [1.82, 2.24) is 15.4 Å². The first-order chi connectivity index (χ1) is 9.49. The topological polar surface area (TPSA) is 83.4 Å². The van der Waals surface area contributed by atoms with Crippen LogP contribution >= 0.6 is 0 Å². The first kappa shape index (κ1) is 13.7. The molecular weight excluding hydrogens is 258 g/mol. The van der Waals surface area contributed by atoms with Crippen molar-refractivity contribution in [3.05, 3.63) is 53.3 Å². The Kier molecular flexibility index (Phi) is 3.74. The molecule has 1 aromatic carbocycles. The molecule has 2 amide bonds. The fourth-order valence-electron chi connectivity index (χ4n) is 1.70. The summed E-state index contributed by atoms with van der Waals surface area (Å²) in [5, 5.41) is 9.13. The summed E-state index contributed by atoms with van der Waals surface area (Å²) in [6, 6.07) is 9.22. The zero-order valence-corrected chi connectivity index (χ0v) is 11.2. The Morgan fingerprint density at radius 1 is 1.00 bits per heavy atom. The van der Waals surface area contributed by atoms with Crippen LogP contribution in [0.2, 0.25) is 0 Å². The molecular formula is C14H15N3O3. The minimum atomic E-state index is -0.454. The lowest BCUT2D eigenvalue weighted by molar-refractivity contribution is 0.0842. The second kappa shape index (κ2) is 5.48. The molecule has 0 bridgehead atoms. The van der Waals surface area contributed by atoms with Gasteiger partial charge >= 0.3 is 0 Å². The highest BCUT2D eigenvalue weighted by Crippen LogP contribution is 2.09. The van der Waals surface area contributed by atoms with Gasteiger partial charge in [0.1, 0.15) is 11.4 Å². The normalized spacial score (nSPS) is 10.1. The third-order valence-corrected chi connectivity index (χ3v) is 3.02. The van der Waals surface area contributed by atoms with Gasteiger partial charge in [-0.1, -0.05) is 0 Å². The van der Waals surface area contributed by atoms with Crippen LogP contribution in [0.15, 0.2) is 36.4 Å². The Labute approximate surface area is 116 Å². The first-order valence-corrected chi connectivity index (χ1v) is 6.01. The van der Waals surface area contributed by atoms with Gasteiger partial charge in [0.2, 0.25) is 0 Å². The Morgan fingerprint density at radius 2 is 1.60 bits per heavy atom. The van der Waals surface area contributed by atoms with Crippen LogP contribution in [0, 0.1) is 6.92 Å². The maximum absolute atomic E-state index is 11.9. The predicted octanol–water partition coefficient (Wildman–Crippen LogP) is 1.11. The zero-order chi connectivity index (χ0) is 14.7. The molecule has 0 unspecified atom stereocenters. The van der Waals surface area contributed by atoms with Crippen LogP contribution in [0.25, 0.3) is 0 Å². The lowest BCUT2D eigenvalue weighted by Gasteiger charge is -2.08. The molecule has 1 heterocycles. The number of amides is 2. The number of hydrogen-bond donors (Lipinski definition) is 3. The summed E-state index contributed by atoms with van der Waals surface area (Å²) in [4.78, 5) is 23.6. The van der Waals surface area contributed by atoms with Crippen molar-refractivity contribution in [3.63, 3.8) is 0 Å². The number of hydrogen-bond acceptors (Lipinski definition) is 3. The Bertz CT molecular complexity index is 644. The smallest absolute Gasteiger partial charge is 0.286 e. The molecule has 0 fully saturated rings. The van der Waals surface area contributed by atoms with Crippen molar-refractivity contribution >= 4 is 11.8 Å². The molecule has 0 aliphatic heterocycles. The van der Waals surface area contributed by atoms with Gasteiger partial charge in [-0.15, -0.1) is 0 Å². The molecule has 20 heavy (non-hydrogen) atoms. The number of carbonyl (C=O) groups is 2. The minimum absolute atomic E-state index is 0.0740. The van der Waals surface area contributed by atoms with E-state index in [0.29, 0.717) is 11.3 Å². The molecule has 0 saturated heterocycles. The van der Waals surface area contributed by atoms with Crippen molar-refractivity contribution < 1.29 is 14.7 Å². The SMILES string of the molecule is Cc1ccc(C(=O)NNC(=O)c2ccc(O)cc2)n1C. The molecule has 0 radical (unpaired) electrons. The van der Waals surface area contributed by atoms with Gasteiger partial charge in [-0.3, -0.25) is 20.4 Å². The number of nitrogens with zero attached hydrogens (tertiary/aromatic N) is 1. The Balaban J connectivity index is 1.98. The number of phenols is 1. The quantitative estimate of drug-likeness (QED) is 0.717. The second-order valence-electron chi connectivity index (χ2n) is 4.37. The van der Waals surface area contributed by atoms with Gasteiger partial charge < -0.3 is 9.67 Å². The van der Waals surface area contributed by atoms with Crippen LogP contribution < -0.4 is 10.9 Å². The second-order valence-corrected chi connectivity index (χ2v) is 4.37. The third-order valence-electron chi connectivity index (χ3n) is 3.02. The summed E-state index contributed by atoms with van der Waals surface area (Å²) in [5.41, 5.74) is 6.40. The number of aromatic hydroxyl groups is 1. The molecule has 6 nitrogen and oxygen atoms in total. The molecule has 1 aromatic heterocycles. The summed E-state index contributed by atoms with van der Waals surface area (Å²) >= 11 is 0. The van der Waals surface area contributed by atoms with Gasteiger partial charge in [0.05, 0.1) is 0 Å². The van der Waals surface area contributed by atoms with E-state index < -0.39 is 11.8 Å². The predicted molar refractivity (Wildman–Crippen MR) is 73.2 cm³/mol. The first-order valence-electron chi connectivity index (χ1n) is 6.01. The van der Waals surface area contributed by atoms with Crippen molar-refractivity contribution in [2.45, 2.75) is 6.92 Å². The largest absolute Gasteiger partial charge is 0.508 e. The Hall–Kier alpha value is -2.76. The molecule has 0 atom stereocenters. The van der Waals surface area contributed by atoms with Crippen molar-refractivity contribution in [2.24, 2.45) is 7.05 Å². The number of aromatic nitrogens is 1. The highest BCUT2D eigenvalue weighted by Gasteiger charge is 2.12. The average Bonchev–Trinajstić information content (AvgIpc) is 2.77. The van der Waals surface area contributed by atoms with Gasteiger partial charge in [-0.05, 0) is 43.3 Å². The maximum Gasteiger partial charge on any atom is 0.286 e. The summed E-state index contributed by atoms with van der Waals surface area (Å²) in [6.45, 7) is 1.88. The number of aryl methyl sites for hydroxylation is 1. The summed E-state index contributed by atoms with van der Waals surface area (Å²) < 4.78 is 1.72. The van der Waals surface area contributed by atoms with Crippen molar-refractivity contribution in [1.29, 1.82) is 0 Å². The van der Waals surface area contributed by atoms with Crippen LogP contribution in [0.1, 0.15) is 26.5 Å². The molecule has 0 aliphatic rings. The minimum Gasteiger partial charge on any atom is -0.508 e. The van der Waals surface area contributed by atoms with Crippen molar-refractivity contribution in [3.8, 4) is 5.75 Å². The molecule has 2 aromatic rings. The summed E-state index contributed by atoms with van der Waals surface area (Å²) in [5.74, 6) is -0.776. The molecule has 3 N–H and O–H groups in total. The fourth-order valence-corrected chi connectivity index (χ4v) is 1.70. The number of rotatable bonds is 2. The lowest BCUT2D eigenvalue weighted by Crippen LogP contribution is -2.42. The molecule has 0 spiro atoms. The van der Waals surface area contributed by atoms with Gasteiger partial charge in [0.25, 0.3) is 11.8 Å². The van der Waals surface area contributed by atoms with E-state index in [4.69, 9.17) is 5.11 Å². The van der Waals surface area contributed by atoms with Gasteiger partial charge in [0, 0.05) is 18.3 Å². The van der Waals surface area contributed by atoms with E-state index in [0.717, 1.165) is 5.69 Å². The van der Waals surface area contributed by atoms with Crippen LogP contribution in [-0.4, -0.2) is 21.5 Å².